The Morgan fingerprint density at radius 2 is 1.00 bits per heavy atom. The van der Waals surface area contributed by atoms with E-state index in [1.807, 2.05) is 36.4 Å². The minimum Gasteiger partial charge on any atom is -0.308 e. The van der Waals surface area contributed by atoms with Gasteiger partial charge in [-0.3, -0.25) is 0 Å². The topological polar surface area (TPSA) is 24.1 Å². The van der Waals surface area contributed by atoms with E-state index < -0.39 is 0 Å². The lowest BCUT2D eigenvalue weighted by atomic mass is 9.92. The second-order valence-electron chi connectivity index (χ2n) is 6.92. The number of benzene rings is 2. The molecule has 2 N–H and O–H groups in total. The van der Waals surface area contributed by atoms with Gasteiger partial charge < -0.3 is 10.6 Å². The molecule has 0 spiro atoms. The third-order valence-corrected chi connectivity index (χ3v) is 6.21. The van der Waals surface area contributed by atoms with E-state index in [-0.39, 0.29) is 36.9 Å². The maximum Gasteiger partial charge on any atom is 0.0595 e. The first-order valence-electron chi connectivity index (χ1n) is 9.84. The van der Waals surface area contributed by atoms with Gasteiger partial charge >= 0.3 is 0 Å². The molecule has 0 aliphatic rings. The van der Waals surface area contributed by atoms with Gasteiger partial charge in [-0.2, -0.15) is 0 Å². The Morgan fingerprint density at radius 1 is 0.633 bits per heavy atom. The van der Waals surface area contributed by atoms with Gasteiger partial charge in [0.05, 0.1) is 32.2 Å². The Balaban J connectivity index is 0.00000420. The van der Waals surface area contributed by atoms with Crippen LogP contribution in [0.1, 0.15) is 62.7 Å². The number of hydrogen-bond acceptors (Lipinski definition) is 2. The zero-order valence-electron chi connectivity index (χ0n) is 17.2. The molecular formula is C22H30Cl6N2. The van der Waals surface area contributed by atoms with Gasteiger partial charge in [-0.05, 0) is 61.3 Å². The molecule has 8 heteroatoms. The normalized spacial score (nSPS) is 12.6. The molecule has 0 amide bonds. The van der Waals surface area contributed by atoms with Gasteiger partial charge in [0.25, 0.3) is 0 Å². The van der Waals surface area contributed by atoms with Crippen LogP contribution in [0.15, 0.2) is 36.4 Å². The van der Waals surface area contributed by atoms with Crippen molar-refractivity contribution in [2.45, 2.75) is 51.6 Å². The third-order valence-electron chi connectivity index (χ3n) is 4.73. The molecule has 0 radical (unpaired) electrons. The lowest BCUT2D eigenvalue weighted by Crippen LogP contribution is -2.36. The standard InChI is InChI=1S/C22H28Cl4N2.2ClH/c1-3-5-11-27-21(15-7-9-17(23)19(25)13-15)22(28-12-6-4-2)16-8-10-18(24)20(26)14-16;;/h7-10,13-14,21-22,27-28H,3-6,11-12H2,1-2H3;2*1H. The van der Waals surface area contributed by atoms with Crippen molar-refractivity contribution < 1.29 is 0 Å². The number of unbranched alkanes of at least 4 members (excludes halogenated alkanes) is 2. The van der Waals surface area contributed by atoms with Crippen LogP contribution in [0, 0.1) is 0 Å². The molecule has 30 heavy (non-hydrogen) atoms. The van der Waals surface area contributed by atoms with Crippen molar-refractivity contribution in [3.63, 3.8) is 0 Å². The average Bonchev–Trinajstić information content (AvgIpc) is 2.68. The van der Waals surface area contributed by atoms with Crippen molar-refractivity contribution >= 4 is 71.2 Å². The van der Waals surface area contributed by atoms with Gasteiger partial charge in [0.15, 0.2) is 0 Å². The van der Waals surface area contributed by atoms with Crippen LogP contribution in [0.2, 0.25) is 20.1 Å². The number of nitrogens with one attached hydrogen (secondary N) is 2. The van der Waals surface area contributed by atoms with E-state index in [1.165, 1.54) is 0 Å². The maximum atomic E-state index is 6.32. The summed E-state index contributed by atoms with van der Waals surface area (Å²) in [5, 5.41) is 9.64. The van der Waals surface area contributed by atoms with E-state index in [2.05, 4.69) is 24.5 Å². The van der Waals surface area contributed by atoms with Crippen molar-refractivity contribution in [1.29, 1.82) is 0 Å². The van der Waals surface area contributed by atoms with Gasteiger partial charge in [0.2, 0.25) is 0 Å². The molecule has 2 nitrogen and oxygen atoms in total. The van der Waals surface area contributed by atoms with E-state index >= 15 is 0 Å². The molecule has 2 aromatic carbocycles. The van der Waals surface area contributed by atoms with Crippen molar-refractivity contribution in [2.75, 3.05) is 13.1 Å². The lowest BCUT2D eigenvalue weighted by molar-refractivity contribution is 0.379. The highest BCUT2D eigenvalue weighted by Gasteiger charge is 2.25. The van der Waals surface area contributed by atoms with Gasteiger partial charge in [0.1, 0.15) is 0 Å². The predicted molar refractivity (Wildman–Crippen MR) is 139 cm³/mol. The Labute approximate surface area is 213 Å². The molecule has 0 saturated carbocycles. The molecule has 2 atom stereocenters. The quantitative estimate of drug-likeness (QED) is 0.282. The van der Waals surface area contributed by atoms with Crippen LogP contribution in [0.3, 0.4) is 0 Å². The van der Waals surface area contributed by atoms with Gasteiger partial charge in [-0.25, -0.2) is 0 Å². The van der Waals surface area contributed by atoms with Gasteiger partial charge in [-0.1, -0.05) is 85.2 Å². The van der Waals surface area contributed by atoms with E-state index in [0.717, 1.165) is 49.9 Å². The number of hydrogen-bond donors (Lipinski definition) is 2. The molecule has 2 unspecified atom stereocenters. The molecule has 0 aliphatic heterocycles. The van der Waals surface area contributed by atoms with Crippen molar-refractivity contribution in [3.05, 3.63) is 67.6 Å². The Hall–Kier alpha value is 0.1000. The van der Waals surface area contributed by atoms with E-state index in [0.29, 0.717) is 20.1 Å². The predicted octanol–water partition coefficient (Wildman–Crippen LogP) is 8.71. The second-order valence-corrected chi connectivity index (χ2v) is 8.55. The molecule has 0 heterocycles. The van der Waals surface area contributed by atoms with Crippen LogP contribution in [-0.4, -0.2) is 13.1 Å². The molecule has 0 fully saturated rings. The van der Waals surface area contributed by atoms with Crippen LogP contribution in [0.25, 0.3) is 0 Å². The molecular weight excluding hydrogens is 505 g/mol. The molecule has 2 aromatic rings. The summed E-state index contributed by atoms with van der Waals surface area (Å²) in [6, 6.07) is 11.7. The highest BCUT2D eigenvalue weighted by Crippen LogP contribution is 2.35. The van der Waals surface area contributed by atoms with Crippen molar-refractivity contribution in [2.24, 2.45) is 0 Å². The molecule has 170 valence electrons. The summed E-state index contributed by atoms with van der Waals surface area (Å²) in [6.45, 7) is 6.20. The molecule has 2 rings (SSSR count). The summed E-state index contributed by atoms with van der Waals surface area (Å²) >= 11 is 24.9. The van der Waals surface area contributed by atoms with Crippen molar-refractivity contribution in [1.82, 2.24) is 10.6 Å². The maximum absolute atomic E-state index is 6.32. The zero-order valence-corrected chi connectivity index (χ0v) is 21.8. The minimum absolute atomic E-state index is 0. The van der Waals surface area contributed by atoms with E-state index in [1.54, 1.807) is 0 Å². The van der Waals surface area contributed by atoms with Crippen LogP contribution in [-0.2, 0) is 0 Å². The molecule has 0 saturated heterocycles. The van der Waals surface area contributed by atoms with Crippen LogP contribution in [0.5, 0.6) is 0 Å². The number of halogens is 6. The summed E-state index contributed by atoms with van der Waals surface area (Å²) in [6.07, 6.45) is 4.45. The van der Waals surface area contributed by atoms with E-state index in [4.69, 9.17) is 46.4 Å². The number of rotatable bonds is 11. The Kier molecular flexibility index (Phi) is 15.9. The van der Waals surface area contributed by atoms with Crippen molar-refractivity contribution in [3.8, 4) is 0 Å². The summed E-state index contributed by atoms with van der Waals surface area (Å²) in [5.74, 6) is 0. The SMILES string of the molecule is CCCCNC(c1ccc(Cl)c(Cl)c1)C(NCCCC)c1ccc(Cl)c(Cl)c1.Cl.Cl. The average molecular weight is 535 g/mol. The van der Waals surface area contributed by atoms with Gasteiger partial charge in [0, 0.05) is 0 Å². The summed E-state index contributed by atoms with van der Waals surface area (Å²) in [5.41, 5.74) is 2.18. The molecule has 0 bridgehead atoms. The highest BCUT2D eigenvalue weighted by atomic mass is 35.5. The smallest absolute Gasteiger partial charge is 0.0595 e. The third kappa shape index (κ3) is 8.92. The minimum atomic E-state index is 0. The Morgan fingerprint density at radius 3 is 1.30 bits per heavy atom. The zero-order chi connectivity index (χ0) is 20.5. The Bertz CT molecular complexity index is 693. The fraction of sp³-hybridized carbons (Fsp3) is 0.455. The molecule has 0 aromatic heterocycles. The summed E-state index contributed by atoms with van der Waals surface area (Å²) in [7, 11) is 0. The molecule has 0 aliphatic carbocycles. The fourth-order valence-corrected chi connectivity index (χ4v) is 3.75. The van der Waals surface area contributed by atoms with Gasteiger partial charge in [-0.15, -0.1) is 24.8 Å². The first kappa shape index (κ1) is 30.1. The monoisotopic (exact) mass is 532 g/mol. The van der Waals surface area contributed by atoms with Crippen LogP contribution in [0.4, 0.5) is 0 Å². The first-order valence-corrected chi connectivity index (χ1v) is 11.4. The summed E-state index contributed by atoms with van der Waals surface area (Å²) in [4.78, 5) is 0. The highest BCUT2D eigenvalue weighted by molar-refractivity contribution is 6.42. The first-order chi connectivity index (χ1) is 13.5. The van der Waals surface area contributed by atoms with Crippen LogP contribution < -0.4 is 10.6 Å². The fourth-order valence-electron chi connectivity index (χ4n) is 3.14. The second kappa shape index (κ2) is 15.8. The van der Waals surface area contributed by atoms with Crippen LogP contribution >= 0.6 is 71.2 Å². The largest absolute Gasteiger partial charge is 0.308 e. The van der Waals surface area contributed by atoms with E-state index in [9.17, 15) is 0 Å². The lowest BCUT2D eigenvalue weighted by Gasteiger charge is -2.31. The summed E-state index contributed by atoms with van der Waals surface area (Å²) < 4.78 is 0.